The number of likely N-dealkylation sites (N-methyl/N-ethyl adjacent to an activating group) is 1. The monoisotopic (exact) mass is 761 g/mol. The van der Waals surface area contributed by atoms with E-state index >= 15 is 0 Å². The fourth-order valence-corrected chi connectivity index (χ4v) is 6.48. The Morgan fingerprint density at radius 1 is 0.889 bits per heavy atom. The number of benzene rings is 2. The van der Waals surface area contributed by atoms with Gasteiger partial charge in [0.05, 0.1) is 64.2 Å². The first-order valence-corrected chi connectivity index (χ1v) is 17.3. The number of ether oxygens (including phenoxy) is 1. The number of nitrogens with zero attached hydrogens (tertiary/aromatic N) is 2. The number of carbonyl (C=O) groups is 4. The second-order valence-corrected chi connectivity index (χ2v) is 14.0. The third-order valence-corrected chi connectivity index (χ3v) is 9.25. The zero-order chi connectivity index (χ0) is 39.9. The first-order valence-electron chi connectivity index (χ1n) is 17.3. The zero-order valence-electron chi connectivity index (χ0n) is 30.0. The summed E-state index contributed by atoms with van der Waals surface area (Å²) in [5, 5.41) is 90.1. The molecule has 0 spiro atoms. The highest BCUT2D eigenvalue weighted by molar-refractivity contribution is 5.98. The normalized spacial score (nSPS) is 21.6. The third-order valence-electron chi connectivity index (χ3n) is 9.25. The quantitative estimate of drug-likeness (QED) is 0.0587. The van der Waals surface area contributed by atoms with Gasteiger partial charge in [0.15, 0.2) is 11.5 Å². The van der Waals surface area contributed by atoms with Crippen molar-refractivity contribution in [3.05, 3.63) is 47.5 Å². The van der Waals surface area contributed by atoms with Crippen LogP contribution in [0.15, 0.2) is 41.4 Å². The van der Waals surface area contributed by atoms with E-state index in [1.807, 2.05) is 14.1 Å². The molecule has 0 aromatic heterocycles. The third kappa shape index (κ3) is 10.1. The molecule has 2 aliphatic rings. The molecule has 12 N–H and O–H groups in total. The predicted octanol–water partition coefficient (Wildman–Crippen LogP) is -3.42. The van der Waals surface area contributed by atoms with Gasteiger partial charge in [-0.05, 0) is 25.1 Å². The maximum Gasteiger partial charge on any atom is 0.245 e. The van der Waals surface area contributed by atoms with E-state index in [1.165, 1.54) is 25.1 Å². The van der Waals surface area contributed by atoms with Crippen LogP contribution in [0.5, 0.6) is 17.2 Å². The zero-order valence-corrected chi connectivity index (χ0v) is 30.0. The minimum Gasteiger partial charge on any atom is -0.507 e. The van der Waals surface area contributed by atoms with E-state index in [2.05, 4.69) is 26.3 Å². The van der Waals surface area contributed by atoms with Crippen molar-refractivity contribution in [2.24, 2.45) is 4.99 Å². The number of rotatable bonds is 16. The Morgan fingerprint density at radius 3 is 2.15 bits per heavy atom. The van der Waals surface area contributed by atoms with E-state index in [1.54, 1.807) is 18.2 Å². The summed E-state index contributed by atoms with van der Waals surface area (Å²) < 4.78 is 5.99. The van der Waals surface area contributed by atoms with Gasteiger partial charge in [-0.1, -0.05) is 12.1 Å². The lowest BCUT2D eigenvalue weighted by molar-refractivity contribution is -0.136. The smallest absolute Gasteiger partial charge is 0.245 e. The number of phenols is 3. The summed E-state index contributed by atoms with van der Waals surface area (Å²) in [6, 6.07) is 2.96. The maximum absolute atomic E-state index is 13.1. The average Bonchev–Trinajstić information content (AvgIpc) is 3.50. The van der Waals surface area contributed by atoms with Crippen molar-refractivity contribution in [1.82, 2.24) is 25.8 Å². The number of carbonyl (C=O) groups excluding carboxylic acids is 4. The largest absolute Gasteiger partial charge is 0.507 e. The Bertz CT molecular complexity index is 1720. The lowest BCUT2D eigenvalue weighted by Crippen LogP contribution is -2.62. The molecule has 0 aliphatic carbocycles. The van der Waals surface area contributed by atoms with Crippen LogP contribution in [0.4, 0.5) is 5.69 Å². The number of quaternary nitrogens is 1. The number of nitrogens with one attached hydrogen (secondary N) is 4. The molecule has 4 amide bonds. The standard InChI is InChI=1S/C35H48N6O13/c1-17(45)31(40-30(50)11-20(46)10-29-22(14-42)39-35(54-29)21-6-4-5-7-26(21)47)34(53)38-24(16-44)33(52)37-23(15-43)32(51)36-19-8-18-9-27(48)28(49)12-25(18)41(2,3)13-19/h4-7,9,12,17,19-20,22-24,29,31,42-46H,8,10-11,13-16H2,1-3H3,(H6-,36,37,38,39,40,47,48,49,50,51,52,53)/p+1/t17-,19+,20-,22+,23+,24-,29+,31+/m1/s1. The molecule has 4 rings (SSSR count). The molecule has 0 fully saturated rings. The molecule has 8 atom stereocenters. The second kappa shape index (κ2) is 17.9. The van der Waals surface area contributed by atoms with Crippen LogP contribution in [0, 0.1) is 0 Å². The lowest BCUT2D eigenvalue weighted by atomic mass is 9.95. The average molecular weight is 762 g/mol. The van der Waals surface area contributed by atoms with Gasteiger partial charge in [-0.25, -0.2) is 4.99 Å². The topological polar surface area (TPSA) is 300 Å². The van der Waals surface area contributed by atoms with Crippen LogP contribution in [0.25, 0.3) is 0 Å². The number of para-hydroxylation sites is 1. The maximum atomic E-state index is 13.1. The summed E-state index contributed by atoms with van der Waals surface area (Å²) >= 11 is 0. The van der Waals surface area contributed by atoms with Crippen molar-refractivity contribution in [3.8, 4) is 17.2 Å². The Kier molecular flexibility index (Phi) is 13.8. The molecule has 0 unspecified atom stereocenters. The highest BCUT2D eigenvalue weighted by Gasteiger charge is 2.38. The number of fused-ring (bicyclic) bond motifs is 1. The second-order valence-electron chi connectivity index (χ2n) is 14.0. The molecule has 2 aromatic carbocycles. The minimum atomic E-state index is -1.68. The Morgan fingerprint density at radius 2 is 1.52 bits per heavy atom. The van der Waals surface area contributed by atoms with Crippen LogP contribution < -0.4 is 25.8 Å². The Balaban J connectivity index is 1.30. The first-order chi connectivity index (χ1) is 25.5. The summed E-state index contributed by atoms with van der Waals surface area (Å²) in [5.41, 5.74) is 1.68. The molecule has 2 heterocycles. The molecule has 0 saturated carbocycles. The number of aliphatic hydroxyl groups excluding tert-OH is 5. The van der Waals surface area contributed by atoms with E-state index < -0.39 is 98.4 Å². The number of hydrogen-bond donors (Lipinski definition) is 12. The van der Waals surface area contributed by atoms with Gasteiger partial charge in [-0.3, -0.25) is 23.7 Å². The molecular formula is C35H49N6O13+. The summed E-state index contributed by atoms with van der Waals surface area (Å²) in [4.78, 5) is 56.4. The van der Waals surface area contributed by atoms with Crippen molar-refractivity contribution in [1.29, 1.82) is 0 Å². The molecule has 0 radical (unpaired) electrons. The van der Waals surface area contributed by atoms with Crippen LogP contribution in [0.1, 0.15) is 30.9 Å². The number of amides is 4. The Hall–Kier alpha value is -5.05. The molecule has 0 saturated heterocycles. The van der Waals surface area contributed by atoms with Crippen molar-refractivity contribution in [2.75, 3.05) is 40.5 Å². The van der Waals surface area contributed by atoms with E-state index in [4.69, 9.17) is 4.74 Å². The predicted molar refractivity (Wildman–Crippen MR) is 191 cm³/mol. The highest BCUT2D eigenvalue weighted by Crippen LogP contribution is 2.38. The fraction of sp³-hybridized carbons (Fsp3) is 0.514. The molecule has 296 valence electrons. The van der Waals surface area contributed by atoms with Crippen LogP contribution in [-0.2, 0) is 30.3 Å². The van der Waals surface area contributed by atoms with Crippen LogP contribution in [0.2, 0.25) is 0 Å². The lowest BCUT2D eigenvalue weighted by Gasteiger charge is -2.39. The van der Waals surface area contributed by atoms with Crippen molar-refractivity contribution in [3.63, 3.8) is 0 Å². The summed E-state index contributed by atoms with van der Waals surface area (Å²) in [5.74, 6) is -4.44. The Labute approximate surface area is 310 Å². The number of phenolic OH excluding ortho intramolecular Hbond substituents is 3. The van der Waals surface area contributed by atoms with Gasteiger partial charge in [-0.2, -0.15) is 0 Å². The fourth-order valence-electron chi connectivity index (χ4n) is 6.48. The van der Waals surface area contributed by atoms with Gasteiger partial charge >= 0.3 is 0 Å². The number of aliphatic hydroxyl groups is 5. The van der Waals surface area contributed by atoms with Crippen molar-refractivity contribution >= 4 is 35.2 Å². The molecule has 2 aliphatic heterocycles. The number of hydrogen-bond acceptors (Lipinski definition) is 14. The van der Waals surface area contributed by atoms with Crippen LogP contribution >= 0.6 is 0 Å². The summed E-state index contributed by atoms with van der Waals surface area (Å²) in [6.07, 6.45) is -4.18. The van der Waals surface area contributed by atoms with Crippen molar-refractivity contribution in [2.45, 2.75) is 74.7 Å². The molecule has 2 aromatic rings. The first kappa shape index (κ1) is 41.7. The van der Waals surface area contributed by atoms with E-state index in [0.29, 0.717) is 12.1 Å². The van der Waals surface area contributed by atoms with Gasteiger partial charge in [0.2, 0.25) is 29.5 Å². The van der Waals surface area contributed by atoms with Crippen LogP contribution in [-0.4, -0.2) is 159 Å². The molecule has 19 nitrogen and oxygen atoms in total. The highest BCUT2D eigenvalue weighted by atomic mass is 16.5. The van der Waals surface area contributed by atoms with E-state index in [0.717, 1.165) is 5.69 Å². The molecular weight excluding hydrogens is 712 g/mol. The van der Waals surface area contributed by atoms with Crippen LogP contribution in [0.3, 0.4) is 0 Å². The minimum absolute atomic E-state index is 0.0521. The van der Waals surface area contributed by atoms with Gasteiger partial charge in [0.25, 0.3) is 0 Å². The van der Waals surface area contributed by atoms with Gasteiger partial charge in [0.1, 0.15) is 48.3 Å². The van der Waals surface area contributed by atoms with Gasteiger partial charge in [-0.15, -0.1) is 0 Å². The number of aromatic hydroxyl groups is 3. The van der Waals surface area contributed by atoms with E-state index in [9.17, 15) is 60.0 Å². The van der Waals surface area contributed by atoms with Gasteiger partial charge < -0.3 is 66.9 Å². The van der Waals surface area contributed by atoms with Crippen molar-refractivity contribution < 1.29 is 64.8 Å². The summed E-state index contributed by atoms with van der Waals surface area (Å²) in [6.45, 7) is -0.705. The molecule has 0 bridgehead atoms. The molecule has 19 heteroatoms. The summed E-state index contributed by atoms with van der Waals surface area (Å²) in [7, 11) is 3.67. The van der Waals surface area contributed by atoms with E-state index in [-0.39, 0.29) is 46.0 Å². The van der Waals surface area contributed by atoms with Gasteiger partial charge in [0, 0.05) is 24.5 Å². The SMILES string of the molecule is C[C@@H](O)[C@H](NC(=O)C[C@H](O)C[C@@H]1OC(c2ccccc2O)=N[C@H]1CO)C(=O)N[C@H](CO)C(=O)N[C@@H](CO)C(=O)N[C@H]1Cc2cc(O)c(O)cc2[N+](C)(C)C1. The number of aliphatic imine (C=N–C) groups is 1. The molecule has 54 heavy (non-hydrogen) atoms.